The lowest BCUT2D eigenvalue weighted by Gasteiger charge is -2.18. The molecule has 0 aliphatic heterocycles. The van der Waals surface area contributed by atoms with Crippen LogP contribution < -0.4 is 0 Å². The van der Waals surface area contributed by atoms with Gasteiger partial charge < -0.3 is 14.2 Å². The highest BCUT2D eigenvalue weighted by molar-refractivity contribution is 5.72. The first-order valence-corrected chi connectivity index (χ1v) is 27.5. The average Bonchev–Trinajstić information content (AvgIpc) is 3.34. The maximum absolute atomic E-state index is 12.7. The minimum absolute atomic E-state index is 0.0929. The lowest BCUT2D eigenvalue weighted by molar-refractivity contribution is -0.166. The van der Waals surface area contributed by atoms with Crippen molar-refractivity contribution in [1.82, 2.24) is 0 Å². The highest BCUT2D eigenvalue weighted by Crippen LogP contribution is 2.14. The van der Waals surface area contributed by atoms with Crippen molar-refractivity contribution in [2.75, 3.05) is 13.2 Å². The molecule has 6 nitrogen and oxygen atoms in total. The van der Waals surface area contributed by atoms with E-state index in [-0.39, 0.29) is 31.6 Å². The first-order valence-electron chi connectivity index (χ1n) is 27.5. The van der Waals surface area contributed by atoms with Crippen molar-refractivity contribution in [2.24, 2.45) is 0 Å². The van der Waals surface area contributed by atoms with Crippen LogP contribution in [0.4, 0.5) is 0 Å². The summed E-state index contributed by atoms with van der Waals surface area (Å²) in [5.74, 6) is -1.06. The van der Waals surface area contributed by atoms with E-state index in [1.165, 1.54) is 83.5 Å². The lowest BCUT2D eigenvalue weighted by atomic mass is 10.1. The predicted molar refractivity (Wildman–Crippen MR) is 293 cm³/mol. The summed E-state index contributed by atoms with van der Waals surface area (Å²) in [6.45, 7) is 6.30. The van der Waals surface area contributed by atoms with Gasteiger partial charge in [0, 0.05) is 12.8 Å². The van der Waals surface area contributed by atoms with Gasteiger partial charge in [0.2, 0.25) is 0 Å². The Labute approximate surface area is 418 Å². The molecule has 0 aromatic carbocycles. The molecule has 6 heteroatoms. The molecule has 0 N–H and O–H groups in total. The van der Waals surface area contributed by atoms with Gasteiger partial charge in [-0.2, -0.15) is 0 Å². The molecule has 0 saturated heterocycles. The Morgan fingerprint density at radius 3 is 0.971 bits per heavy atom. The summed E-state index contributed by atoms with van der Waals surface area (Å²) in [7, 11) is 0. The molecular weight excluding hydrogens is 841 g/mol. The number of hydrogen-bond acceptors (Lipinski definition) is 6. The zero-order valence-corrected chi connectivity index (χ0v) is 43.8. The van der Waals surface area contributed by atoms with Crippen LogP contribution in [-0.4, -0.2) is 37.2 Å². The van der Waals surface area contributed by atoms with Gasteiger partial charge in [-0.1, -0.05) is 245 Å². The van der Waals surface area contributed by atoms with Crippen molar-refractivity contribution in [3.63, 3.8) is 0 Å². The minimum Gasteiger partial charge on any atom is -0.462 e. The van der Waals surface area contributed by atoms with Crippen LogP contribution in [0.5, 0.6) is 0 Å². The molecule has 0 aliphatic carbocycles. The number of carbonyl (C=O) groups is 3. The first-order chi connectivity index (χ1) is 33.5. The number of ether oxygens (including phenoxy) is 3. The van der Waals surface area contributed by atoms with Crippen molar-refractivity contribution < 1.29 is 28.6 Å². The predicted octanol–water partition coefficient (Wildman–Crippen LogP) is 18.5. The number of unbranched alkanes of at least 4 members (excludes halogenated alkanes) is 18. The molecular formula is C62H100O6. The minimum atomic E-state index is -0.835. The van der Waals surface area contributed by atoms with E-state index < -0.39 is 12.1 Å². The molecule has 0 aliphatic rings. The van der Waals surface area contributed by atoms with E-state index in [1.54, 1.807) is 6.08 Å². The molecule has 0 bridgehead atoms. The highest BCUT2D eigenvalue weighted by Gasteiger charge is 2.19. The summed E-state index contributed by atoms with van der Waals surface area (Å²) >= 11 is 0. The lowest BCUT2D eigenvalue weighted by Crippen LogP contribution is -2.30. The van der Waals surface area contributed by atoms with Gasteiger partial charge in [0.1, 0.15) is 13.2 Å². The number of allylic oxidation sites excluding steroid dienone is 19. The van der Waals surface area contributed by atoms with Gasteiger partial charge in [0.05, 0.1) is 6.42 Å². The second kappa shape index (κ2) is 55.4. The van der Waals surface area contributed by atoms with Crippen LogP contribution in [-0.2, 0) is 28.6 Å². The summed E-state index contributed by atoms with van der Waals surface area (Å²) in [4.78, 5) is 37.9. The Bertz CT molecular complexity index is 1450. The molecule has 0 aromatic rings. The van der Waals surface area contributed by atoms with Gasteiger partial charge in [0.15, 0.2) is 6.10 Å². The third-order valence-electron chi connectivity index (χ3n) is 11.2. The van der Waals surface area contributed by atoms with Gasteiger partial charge >= 0.3 is 17.9 Å². The second-order valence-electron chi connectivity index (χ2n) is 17.8. The van der Waals surface area contributed by atoms with Gasteiger partial charge in [0.25, 0.3) is 0 Å². The van der Waals surface area contributed by atoms with Gasteiger partial charge in [-0.05, 0) is 89.9 Å². The fourth-order valence-electron chi connectivity index (χ4n) is 7.19. The van der Waals surface area contributed by atoms with Gasteiger partial charge in [-0.3, -0.25) is 14.4 Å². The summed E-state index contributed by atoms with van der Waals surface area (Å²) in [6.07, 6.45) is 76.5. The maximum Gasteiger partial charge on any atom is 0.310 e. The van der Waals surface area contributed by atoms with Crippen molar-refractivity contribution >= 4 is 17.9 Å². The summed E-state index contributed by atoms with van der Waals surface area (Å²) in [5.41, 5.74) is 0. The van der Waals surface area contributed by atoms with E-state index in [0.29, 0.717) is 12.8 Å². The Hall–Kier alpha value is -4.19. The third kappa shape index (κ3) is 52.8. The molecule has 0 amide bonds. The van der Waals surface area contributed by atoms with Gasteiger partial charge in [-0.15, -0.1) is 0 Å². The van der Waals surface area contributed by atoms with Crippen LogP contribution in [0.3, 0.4) is 0 Å². The smallest absolute Gasteiger partial charge is 0.310 e. The molecule has 0 radical (unpaired) electrons. The van der Waals surface area contributed by atoms with E-state index in [1.807, 2.05) is 6.08 Å². The van der Waals surface area contributed by atoms with E-state index >= 15 is 0 Å². The molecule has 0 spiro atoms. The van der Waals surface area contributed by atoms with E-state index in [0.717, 1.165) is 109 Å². The monoisotopic (exact) mass is 941 g/mol. The first kappa shape index (κ1) is 63.8. The number of carbonyl (C=O) groups excluding carboxylic acids is 3. The zero-order chi connectivity index (χ0) is 49.3. The molecule has 384 valence electrons. The SMILES string of the molecule is CC/C=C\C/C=C\C/C=C\C/C=C\C/C=C\CCCCCCCCCCCC(=O)OCC(COC(=O)CCCCCCCCCCCC)OC(=O)C/C=C\C/C=C\C/C=C\C/C=C\C/C=C\CC. The molecule has 0 saturated carbocycles. The van der Waals surface area contributed by atoms with Crippen molar-refractivity contribution in [3.8, 4) is 0 Å². The fourth-order valence-corrected chi connectivity index (χ4v) is 7.19. The Kier molecular flexibility index (Phi) is 52.0. The van der Waals surface area contributed by atoms with Crippen molar-refractivity contribution in [2.45, 2.75) is 239 Å². The molecule has 1 atom stereocenters. The third-order valence-corrected chi connectivity index (χ3v) is 11.2. The van der Waals surface area contributed by atoms with E-state index in [2.05, 4.69) is 130 Å². The van der Waals surface area contributed by atoms with Crippen LogP contribution in [0.15, 0.2) is 122 Å². The maximum atomic E-state index is 12.7. The zero-order valence-electron chi connectivity index (χ0n) is 43.8. The molecule has 0 heterocycles. The quantitative estimate of drug-likeness (QED) is 0.0262. The Balaban J connectivity index is 4.38. The average molecular weight is 941 g/mol. The van der Waals surface area contributed by atoms with Crippen molar-refractivity contribution in [3.05, 3.63) is 122 Å². The summed E-state index contributed by atoms with van der Waals surface area (Å²) in [5, 5.41) is 0. The van der Waals surface area contributed by atoms with Gasteiger partial charge in [-0.25, -0.2) is 0 Å². The fraction of sp³-hybridized carbons (Fsp3) is 0.629. The highest BCUT2D eigenvalue weighted by atomic mass is 16.6. The molecule has 0 aromatic heterocycles. The molecule has 1 unspecified atom stereocenters. The van der Waals surface area contributed by atoms with Crippen LogP contribution in [0, 0.1) is 0 Å². The van der Waals surface area contributed by atoms with Crippen LogP contribution in [0.1, 0.15) is 233 Å². The molecule has 68 heavy (non-hydrogen) atoms. The summed E-state index contributed by atoms with van der Waals surface area (Å²) in [6, 6.07) is 0. The second-order valence-corrected chi connectivity index (χ2v) is 17.8. The van der Waals surface area contributed by atoms with Crippen LogP contribution in [0.25, 0.3) is 0 Å². The largest absolute Gasteiger partial charge is 0.462 e. The van der Waals surface area contributed by atoms with Crippen LogP contribution >= 0.6 is 0 Å². The van der Waals surface area contributed by atoms with Crippen LogP contribution in [0.2, 0.25) is 0 Å². The number of rotatable bonds is 48. The summed E-state index contributed by atoms with van der Waals surface area (Å²) < 4.78 is 16.7. The van der Waals surface area contributed by atoms with Crippen molar-refractivity contribution in [1.29, 1.82) is 0 Å². The standard InChI is InChI=1S/C62H100O6/c1-4-7-10-13-16-19-22-24-26-27-28-29-30-31-32-33-34-35-37-38-40-43-46-49-52-55-61(64)67-58-59(57-66-60(63)54-51-48-45-42-21-18-15-12-9-6-3)68-62(65)56-53-50-47-44-41-39-36-25-23-20-17-14-11-8-5-2/h7-8,10-11,16-17,19-20,24-26,28-29,31-32,36,41,44,50,53,59H,4-6,9,12-15,18,21-23,27,30,33-35,37-40,42-43,45-49,51-52,54-58H2,1-3H3/b10-7-,11-8-,19-16-,20-17-,26-24-,29-28-,32-31-,36-25-,44-41-,53-50-. The van der Waals surface area contributed by atoms with E-state index in [4.69, 9.17) is 14.2 Å². The number of hydrogen-bond donors (Lipinski definition) is 0. The Morgan fingerprint density at radius 2 is 0.618 bits per heavy atom. The molecule has 0 fully saturated rings. The Morgan fingerprint density at radius 1 is 0.324 bits per heavy atom. The molecule has 0 rings (SSSR count). The normalized spacial score (nSPS) is 13.0. The van der Waals surface area contributed by atoms with E-state index in [9.17, 15) is 14.4 Å². The topological polar surface area (TPSA) is 78.9 Å². The number of esters is 3.